The van der Waals surface area contributed by atoms with Crippen LogP contribution in [-0.2, 0) is 11.2 Å². The summed E-state index contributed by atoms with van der Waals surface area (Å²) in [6.07, 6.45) is 8.86. The van der Waals surface area contributed by atoms with Gasteiger partial charge >= 0.3 is 0 Å². The van der Waals surface area contributed by atoms with Crippen molar-refractivity contribution in [2.45, 2.75) is 70.6 Å². The Bertz CT molecular complexity index is 367. The first-order valence-corrected chi connectivity index (χ1v) is 7.65. The molecule has 2 heterocycles. The summed E-state index contributed by atoms with van der Waals surface area (Å²) in [6.45, 7) is 5.27. The van der Waals surface area contributed by atoms with Gasteiger partial charge in [-0.25, -0.2) is 0 Å². The Balaban J connectivity index is 1.91. The van der Waals surface area contributed by atoms with Crippen molar-refractivity contribution in [3.05, 3.63) is 18.0 Å². The molecular formula is C15H27N3O. The third-order valence-corrected chi connectivity index (χ3v) is 4.12. The summed E-state index contributed by atoms with van der Waals surface area (Å²) in [5, 5.41) is 4.67. The molecule has 1 aliphatic heterocycles. The average molecular weight is 265 g/mol. The van der Waals surface area contributed by atoms with Crippen molar-refractivity contribution in [2.24, 2.45) is 5.73 Å². The largest absolute Gasteiger partial charge is 0.377 e. The van der Waals surface area contributed by atoms with Gasteiger partial charge < -0.3 is 10.5 Å². The van der Waals surface area contributed by atoms with Gasteiger partial charge in [0.2, 0.25) is 0 Å². The van der Waals surface area contributed by atoms with Crippen LogP contribution in [0.2, 0.25) is 0 Å². The molecule has 0 bridgehead atoms. The van der Waals surface area contributed by atoms with Crippen molar-refractivity contribution >= 4 is 0 Å². The highest BCUT2D eigenvalue weighted by Crippen LogP contribution is 2.18. The Morgan fingerprint density at radius 2 is 2.21 bits per heavy atom. The number of nitrogens with two attached hydrogens (primary N) is 1. The highest BCUT2D eigenvalue weighted by atomic mass is 16.5. The summed E-state index contributed by atoms with van der Waals surface area (Å²) in [5.41, 5.74) is 7.35. The second-order valence-corrected chi connectivity index (χ2v) is 5.53. The van der Waals surface area contributed by atoms with Crippen molar-refractivity contribution in [1.29, 1.82) is 0 Å². The van der Waals surface area contributed by atoms with Gasteiger partial charge in [0.1, 0.15) is 0 Å². The topological polar surface area (TPSA) is 53.1 Å². The molecule has 1 fully saturated rings. The smallest absolute Gasteiger partial charge is 0.0729 e. The molecule has 108 valence electrons. The van der Waals surface area contributed by atoms with Gasteiger partial charge in [-0.3, -0.25) is 4.68 Å². The predicted octanol–water partition coefficient (Wildman–Crippen LogP) is 2.68. The van der Waals surface area contributed by atoms with E-state index in [0.29, 0.717) is 6.04 Å². The Hall–Kier alpha value is -0.870. The van der Waals surface area contributed by atoms with Gasteiger partial charge in [0.05, 0.1) is 17.8 Å². The van der Waals surface area contributed by atoms with Crippen LogP contribution in [0.25, 0.3) is 0 Å². The maximum Gasteiger partial charge on any atom is 0.0729 e. The second-order valence-electron chi connectivity index (χ2n) is 5.53. The van der Waals surface area contributed by atoms with E-state index in [0.717, 1.165) is 38.0 Å². The number of nitrogens with zero attached hydrogens (tertiary/aromatic N) is 2. The quantitative estimate of drug-likeness (QED) is 0.860. The lowest BCUT2D eigenvalue weighted by Crippen LogP contribution is -2.40. The highest BCUT2D eigenvalue weighted by Gasteiger charge is 2.22. The number of rotatable bonds is 6. The molecule has 0 aliphatic carbocycles. The van der Waals surface area contributed by atoms with Gasteiger partial charge in [0.25, 0.3) is 0 Å². The molecule has 0 amide bonds. The first-order valence-electron chi connectivity index (χ1n) is 7.65. The molecule has 2 unspecified atom stereocenters. The first kappa shape index (κ1) is 14.5. The monoisotopic (exact) mass is 265 g/mol. The predicted molar refractivity (Wildman–Crippen MR) is 77.1 cm³/mol. The van der Waals surface area contributed by atoms with Crippen LogP contribution in [0.15, 0.2) is 12.3 Å². The Labute approximate surface area is 116 Å². The Morgan fingerprint density at radius 1 is 1.42 bits per heavy atom. The van der Waals surface area contributed by atoms with E-state index in [-0.39, 0.29) is 12.1 Å². The molecule has 2 atom stereocenters. The van der Waals surface area contributed by atoms with Crippen LogP contribution in [0.3, 0.4) is 0 Å². The van der Waals surface area contributed by atoms with Crippen LogP contribution >= 0.6 is 0 Å². The lowest BCUT2D eigenvalue weighted by molar-refractivity contribution is 0.000439. The zero-order chi connectivity index (χ0) is 13.7. The van der Waals surface area contributed by atoms with Gasteiger partial charge in [0, 0.05) is 25.3 Å². The molecule has 0 saturated carbocycles. The zero-order valence-corrected chi connectivity index (χ0v) is 12.2. The van der Waals surface area contributed by atoms with Gasteiger partial charge in [-0.1, -0.05) is 13.8 Å². The maximum absolute atomic E-state index is 6.26. The fraction of sp³-hybridized carbons (Fsp3) is 0.800. The molecule has 1 aliphatic rings. The Kier molecular flexibility index (Phi) is 5.40. The lowest BCUT2D eigenvalue weighted by atomic mass is 9.99. The van der Waals surface area contributed by atoms with Crippen molar-refractivity contribution in [1.82, 2.24) is 9.78 Å². The summed E-state index contributed by atoms with van der Waals surface area (Å²) < 4.78 is 7.84. The Morgan fingerprint density at radius 3 is 2.84 bits per heavy atom. The van der Waals surface area contributed by atoms with Crippen molar-refractivity contribution in [2.75, 3.05) is 6.61 Å². The summed E-state index contributed by atoms with van der Waals surface area (Å²) >= 11 is 0. The minimum Gasteiger partial charge on any atom is -0.377 e. The van der Waals surface area contributed by atoms with Crippen molar-refractivity contribution < 1.29 is 4.74 Å². The van der Waals surface area contributed by atoms with Crippen LogP contribution in [0.4, 0.5) is 0 Å². The molecule has 0 spiro atoms. The standard InChI is InChI=1S/C15H27N3O/c1-3-13(4-2)18-9-8-12(17-18)11-14(16)15-7-5-6-10-19-15/h8-9,13-15H,3-7,10-11,16H2,1-2H3. The average Bonchev–Trinajstić information content (AvgIpc) is 2.89. The third-order valence-electron chi connectivity index (χ3n) is 4.12. The van der Waals surface area contributed by atoms with E-state index >= 15 is 0 Å². The van der Waals surface area contributed by atoms with Crippen LogP contribution in [0, 0.1) is 0 Å². The fourth-order valence-corrected chi connectivity index (χ4v) is 2.83. The summed E-state index contributed by atoms with van der Waals surface area (Å²) in [5.74, 6) is 0. The van der Waals surface area contributed by atoms with E-state index < -0.39 is 0 Å². The number of aromatic nitrogens is 2. The van der Waals surface area contributed by atoms with Crippen LogP contribution < -0.4 is 5.73 Å². The van der Waals surface area contributed by atoms with E-state index in [1.807, 2.05) is 0 Å². The number of hydrogen-bond acceptors (Lipinski definition) is 3. The minimum atomic E-state index is 0.0744. The van der Waals surface area contributed by atoms with E-state index in [2.05, 4.69) is 35.9 Å². The van der Waals surface area contributed by atoms with Crippen LogP contribution in [0.5, 0.6) is 0 Å². The van der Waals surface area contributed by atoms with Gasteiger partial charge in [-0.05, 0) is 38.2 Å². The fourth-order valence-electron chi connectivity index (χ4n) is 2.83. The summed E-state index contributed by atoms with van der Waals surface area (Å²) in [7, 11) is 0. The maximum atomic E-state index is 6.26. The van der Waals surface area contributed by atoms with Gasteiger partial charge in [0.15, 0.2) is 0 Å². The molecule has 4 nitrogen and oxygen atoms in total. The molecule has 2 N–H and O–H groups in total. The normalized spacial score (nSPS) is 21.8. The third kappa shape index (κ3) is 3.80. The zero-order valence-electron chi connectivity index (χ0n) is 12.2. The van der Waals surface area contributed by atoms with Crippen molar-refractivity contribution in [3.8, 4) is 0 Å². The molecular weight excluding hydrogens is 238 g/mol. The molecule has 1 aromatic rings. The lowest BCUT2D eigenvalue weighted by Gasteiger charge is -2.27. The highest BCUT2D eigenvalue weighted by molar-refractivity contribution is 5.03. The van der Waals surface area contributed by atoms with E-state index in [1.54, 1.807) is 0 Å². The van der Waals surface area contributed by atoms with Crippen LogP contribution in [0.1, 0.15) is 57.7 Å². The number of ether oxygens (including phenoxy) is 1. The molecule has 4 heteroatoms. The van der Waals surface area contributed by atoms with Gasteiger partial charge in [-0.2, -0.15) is 5.10 Å². The molecule has 2 rings (SSSR count). The summed E-state index contributed by atoms with van der Waals surface area (Å²) in [6, 6.07) is 2.68. The molecule has 0 radical (unpaired) electrons. The van der Waals surface area contributed by atoms with E-state index in [1.165, 1.54) is 12.8 Å². The summed E-state index contributed by atoms with van der Waals surface area (Å²) in [4.78, 5) is 0. The van der Waals surface area contributed by atoms with Crippen LogP contribution in [-0.4, -0.2) is 28.5 Å². The van der Waals surface area contributed by atoms with Crippen molar-refractivity contribution in [3.63, 3.8) is 0 Å². The van der Waals surface area contributed by atoms with Gasteiger partial charge in [-0.15, -0.1) is 0 Å². The molecule has 1 saturated heterocycles. The SMILES string of the molecule is CCC(CC)n1ccc(CC(N)C2CCCCO2)n1. The van der Waals surface area contributed by atoms with E-state index in [4.69, 9.17) is 10.5 Å². The molecule has 19 heavy (non-hydrogen) atoms. The number of hydrogen-bond donors (Lipinski definition) is 1. The molecule has 1 aromatic heterocycles. The second kappa shape index (κ2) is 7.06. The molecule has 0 aromatic carbocycles. The first-order chi connectivity index (χ1) is 9.24. The minimum absolute atomic E-state index is 0.0744. The van der Waals surface area contributed by atoms with E-state index in [9.17, 15) is 0 Å².